The molecule has 4 heteroatoms. The lowest BCUT2D eigenvalue weighted by Gasteiger charge is -2.22. The summed E-state index contributed by atoms with van der Waals surface area (Å²) in [6.45, 7) is 6.78. The van der Waals surface area contributed by atoms with E-state index in [4.69, 9.17) is 4.74 Å². The molecule has 0 saturated heterocycles. The van der Waals surface area contributed by atoms with Crippen LogP contribution < -0.4 is 4.90 Å². The van der Waals surface area contributed by atoms with Gasteiger partial charge in [0.15, 0.2) is 6.10 Å². The molecule has 0 aromatic heterocycles. The molecule has 0 amide bonds. The summed E-state index contributed by atoms with van der Waals surface area (Å²) in [6, 6.07) is 0. The van der Waals surface area contributed by atoms with Gasteiger partial charge in [0.05, 0.1) is 14.1 Å². The second-order valence-corrected chi connectivity index (χ2v) is 4.48. The van der Waals surface area contributed by atoms with Gasteiger partial charge in [0.2, 0.25) is 0 Å². The Morgan fingerprint density at radius 3 is 2.33 bits per heavy atom. The zero-order chi connectivity index (χ0) is 12.0. The zero-order valence-corrected chi connectivity index (χ0v) is 10.5. The summed E-state index contributed by atoms with van der Waals surface area (Å²) in [7, 11) is 8.01. The number of rotatable bonds is 6. The number of quaternary nitrogens is 1. The van der Waals surface area contributed by atoms with Crippen molar-refractivity contribution in [3.05, 3.63) is 12.2 Å². The first-order valence-corrected chi connectivity index (χ1v) is 5.13. The highest BCUT2D eigenvalue weighted by atomic mass is 16.5. The molecule has 0 rings (SSSR count). The molecule has 1 unspecified atom stereocenters. The van der Waals surface area contributed by atoms with Gasteiger partial charge in [-0.1, -0.05) is 6.58 Å². The van der Waals surface area contributed by atoms with Crippen molar-refractivity contribution < 1.29 is 14.4 Å². The van der Waals surface area contributed by atoms with Crippen molar-refractivity contribution in [2.45, 2.75) is 13.0 Å². The van der Waals surface area contributed by atoms with E-state index in [1.807, 2.05) is 33.1 Å². The summed E-state index contributed by atoms with van der Waals surface area (Å²) in [4.78, 5) is 14.6. The summed E-state index contributed by atoms with van der Waals surface area (Å²) >= 11 is 0. The molecule has 0 aromatic rings. The smallest absolute Gasteiger partial charge is 0.333 e. The van der Waals surface area contributed by atoms with Crippen molar-refractivity contribution in [3.8, 4) is 0 Å². The number of likely N-dealkylation sites (N-methyl/N-ethyl adjacent to an activating group) is 2. The van der Waals surface area contributed by atoms with Crippen LogP contribution in [-0.2, 0) is 9.53 Å². The standard InChI is InChI=1S/C11H22N2O2/c1-9(2)11(14)15-10(7-12(3)4)8-13(5)6/h10H,1,7-8H2,2-6H3/p+1. The van der Waals surface area contributed by atoms with Gasteiger partial charge in [-0.15, -0.1) is 0 Å². The van der Waals surface area contributed by atoms with Crippen LogP contribution in [0.2, 0.25) is 0 Å². The van der Waals surface area contributed by atoms with Crippen molar-refractivity contribution in [1.82, 2.24) is 4.90 Å². The number of hydrogen-bond donors (Lipinski definition) is 1. The van der Waals surface area contributed by atoms with Crippen LogP contribution in [0.25, 0.3) is 0 Å². The van der Waals surface area contributed by atoms with E-state index >= 15 is 0 Å². The van der Waals surface area contributed by atoms with Crippen LogP contribution in [0, 0.1) is 0 Å². The Kier molecular flexibility index (Phi) is 6.20. The normalized spacial score (nSPS) is 13.0. The summed E-state index contributed by atoms with van der Waals surface area (Å²) < 4.78 is 5.33. The van der Waals surface area contributed by atoms with Crippen LogP contribution in [0.5, 0.6) is 0 Å². The van der Waals surface area contributed by atoms with Crippen LogP contribution in [-0.4, -0.2) is 58.3 Å². The first-order chi connectivity index (χ1) is 6.82. The first kappa shape index (κ1) is 14.1. The lowest BCUT2D eigenvalue weighted by Crippen LogP contribution is -3.07. The minimum Gasteiger partial charge on any atom is -0.452 e. The number of carbonyl (C=O) groups excluding carboxylic acids is 1. The summed E-state index contributed by atoms with van der Waals surface area (Å²) in [5.41, 5.74) is 0.451. The number of esters is 1. The van der Waals surface area contributed by atoms with E-state index in [1.54, 1.807) is 6.92 Å². The second-order valence-electron chi connectivity index (χ2n) is 4.48. The topological polar surface area (TPSA) is 34.0 Å². The highest BCUT2D eigenvalue weighted by Crippen LogP contribution is 1.98. The molecule has 0 aliphatic carbocycles. The minimum absolute atomic E-state index is 0.0748. The molecule has 0 radical (unpaired) electrons. The number of ether oxygens (including phenoxy) is 1. The molecule has 1 atom stereocenters. The maximum Gasteiger partial charge on any atom is 0.333 e. The highest BCUT2D eigenvalue weighted by Gasteiger charge is 2.18. The predicted molar refractivity (Wildman–Crippen MR) is 60.9 cm³/mol. The molecule has 88 valence electrons. The molecule has 0 bridgehead atoms. The Morgan fingerprint density at radius 1 is 1.47 bits per heavy atom. The monoisotopic (exact) mass is 215 g/mol. The van der Waals surface area contributed by atoms with Crippen molar-refractivity contribution >= 4 is 5.97 Å². The van der Waals surface area contributed by atoms with Gasteiger partial charge >= 0.3 is 5.97 Å². The van der Waals surface area contributed by atoms with E-state index in [2.05, 4.69) is 6.58 Å². The molecular weight excluding hydrogens is 192 g/mol. The molecule has 0 aliphatic heterocycles. The molecule has 0 aliphatic rings. The van der Waals surface area contributed by atoms with Crippen LogP contribution in [0.1, 0.15) is 6.92 Å². The maximum atomic E-state index is 11.4. The van der Waals surface area contributed by atoms with Crippen LogP contribution in [0.3, 0.4) is 0 Å². The average Bonchev–Trinajstić information content (AvgIpc) is 2.00. The quantitative estimate of drug-likeness (QED) is 0.464. The van der Waals surface area contributed by atoms with Gasteiger partial charge in [-0.2, -0.15) is 0 Å². The molecule has 0 saturated carbocycles. The summed E-state index contributed by atoms with van der Waals surface area (Å²) in [6.07, 6.45) is -0.0748. The Balaban J connectivity index is 4.23. The fourth-order valence-corrected chi connectivity index (χ4v) is 1.26. The zero-order valence-electron chi connectivity index (χ0n) is 10.5. The third-order valence-electron chi connectivity index (χ3n) is 1.83. The highest BCUT2D eigenvalue weighted by molar-refractivity contribution is 5.87. The minimum atomic E-state index is -0.303. The van der Waals surface area contributed by atoms with Crippen molar-refractivity contribution in [2.75, 3.05) is 41.3 Å². The third kappa shape index (κ3) is 7.11. The third-order valence-corrected chi connectivity index (χ3v) is 1.83. The number of nitrogens with one attached hydrogen (secondary N) is 1. The number of carbonyl (C=O) groups is 1. The van der Waals surface area contributed by atoms with Gasteiger partial charge in [0, 0.05) is 12.1 Å². The SMILES string of the molecule is C=C(C)C(=O)OC(CN(C)C)C[NH+](C)C. The second kappa shape index (κ2) is 6.58. The Bertz CT molecular complexity index is 215. The Labute approximate surface area is 92.5 Å². The molecular formula is C11H23N2O2+. The lowest BCUT2D eigenvalue weighted by atomic mass is 10.3. The Hall–Kier alpha value is -0.870. The van der Waals surface area contributed by atoms with Gasteiger partial charge < -0.3 is 14.5 Å². The molecule has 1 N–H and O–H groups in total. The van der Waals surface area contributed by atoms with Gasteiger partial charge in [-0.25, -0.2) is 4.79 Å². The van der Waals surface area contributed by atoms with E-state index in [0.29, 0.717) is 5.57 Å². The lowest BCUT2D eigenvalue weighted by molar-refractivity contribution is -0.861. The van der Waals surface area contributed by atoms with Gasteiger partial charge in [0.1, 0.15) is 6.54 Å². The van der Waals surface area contributed by atoms with Gasteiger partial charge in [-0.3, -0.25) is 0 Å². The van der Waals surface area contributed by atoms with Crippen LogP contribution in [0.15, 0.2) is 12.2 Å². The maximum absolute atomic E-state index is 11.4. The molecule has 4 nitrogen and oxygen atoms in total. The molecule has 15 heavy (non-hydrogen) atoms. The van der Waals surface area contributed by atoms with E-state index in [-0.39, 0.29) is 12.1 Å². The summed E-state index contributed by atoms with van der Waals surface area (Å²) in [5.74, 6) is -0.303. The fraction of sp³-hybridized carbons (Fsp3) is 0.727. The van der Waals surface area contributed by atoms with E-state index in [9.17, 15) is 4.79 Å². The predicted octanol–water partition coefficient (Wildman–Crippen LogP) is -0.820. The van der Waals surface area contributed by atoms with Gasteiger partial charge in [0.25, 0.3) is 0 Å². The summed E-state index contributed by atoms with van der Waals surface area (Å²) in [5, 5.41) is 0. The van der Waals surface area contributed by atoms with Crippen molar-refractivity contribution in [3.63, 3.8) is 0 Å². The fourth-order valence-electron chi connectivity index (χ4n) is 1.26. The van der Waals surface area contributed by atoms with Crippen LogP contribution in [0.4, 0.5) is 0 Å². The molecule has 0 aromatic carbocycles. The van der Waals surface area contributed by atoms with E-state index in [0.717, 1.165) is 13.1 Å². The first-order valence-electron chi connectivity index (χ1n) is 5.13. The van der Waals surface area contributed by atoms with E-state index in [1.165, 1.54) is 4.90 Å². The van der Waals surface area contributed by atoms with Crippen molar-refractivity contribution in [2.24, 2.45) is 0 Å². The van der Waals surface area contributed by atoms with Crippen molar-refractivity contribution in [1.29, 1.82) is 0 Å². The number of hydrogen-bond acceptors (Lipinski definition) is 3. The molecule has 0 spiro atoms. The molecule has 0 fully saturated rings. The van der Waals surface area contributed by atoms with Crippen LogP contribution >= 0.6 is 0 Å². The van der Waals surface area contributed by atoms with Gasteiger partial charge in [-0.05, 0) is 21.0 Å². The van der Waals surface area contributed by atoms with E-state index < -0.39 is 0 Å². The average molecular weight is 215 g/mol. The largest absolute Gasteiger partial charge is 0.452 e. The number of nitrogens with zero attached hydrogens (tertiary/aromatic N) is 1. The molecule has 0 heterocycles. The Morgan fingerprint density at radius 2 is 2.00 bits per heavy atom.